The molecule has 0 unspecified atom stereocenters. The number of nitrogens with one attached hydrogen (secondary N) is 1. The van der Waals surface area contributed by atoms with Crippen LogP contribution >= 0.6 is 0 Å². The second-order valence-corrected chi connectivity index (χ2v) is 6.89. The van der Waals surface area contributed by atoms with E-state index in [1.165, 1.54) is 24.8 Å². The molecule has 5 heteroatoms. The number of nitrogens with two attached hydrogens (primary N) is 1. The van der Waals surface area contributed by atoms with Gasteiger partial charge in [0, 0.05) is 18.2 Å². The van der Waals surface area contributed by atoms with Gasteiger partial charge in [-0.2, -0.15) is 0 Å². The van der Waals surface area contributed by atoms with Crippen molar-refractivity contribution >= 4 is 17.5 Å². The molecule has 1 saturated heterocycles. The smallest absolute Gasteiger partial charge is 0.228 e. The minimum atomic E-state index is -0.393. The first-order chi connectivity index (χ1) is 11.4. The molecular weight excluding hydrogens is 302 g/mol. The maximum Gasteiger partial charge on any atom is 0.228 e. The molecule has 1 atom stereocenters. The lowest BCUT2D eigenvalue weighted by Crippen LogP contribution is -2.32. The van der Waals surface area contributed by atoms with Crippen LogP contribution in [0, 0.1) is 18.3 Å². The molecule has 1 aliphatic heterocycles. The number of primary amides is 1. The van der Waals surface area contributed by atoms with E-state index in [4.69, 9.17) is 5.73 Å². The van der Waals surface area contributed by atoms with Crippen molar-refractivity contribution in [2.45, 2.75) is 39.7 Å². The van der Waals surface area contributed by atoms with Gasteiger partial charge in [0.15, 0.2) is 0 Å². The molecule has 1 aliphatic rings. The fraction of sp³-hybridized carbons (Fsp3) is 0.526. The van der Waals surface area contributed by atoms with Crippen molar-refractivity contribution in [1.29, 1.82) is 0 Å². The maximum atomic E-state index is 11.8. The predicted octanol–water partition coefficient (Wildman–Crippen LogP) is 2.57. The van der Waals surface area contributed by atoms with Gasteiger partial charge in [0.2, 0.25) is 11.8 Å². The van der Waals surface area contributed by atoms with Gasteiger partial charge in [-0.1, -0.05) is 26.0 Å². The van der Waals surface area contributed by atoms with Crippen LogP contribution in [0.3, 0.4) is 0 Å². The summed E-state index contributed by atoms with van der Waals surface area (Å²) in [6, 6.07) is 7.95. The number of hydrogen-bond acceptors (Lipinski definition) is 3. The Morgan fingerprint density at radius 2 is 1.92 bits per heavy atom. The standard InChI is InChI=1S/C19H28N3O2/c1-14-9-11-22(12-10-14)13-16-4-6-17(7-5-16)21-18(23)8-3-15(2)19(20)24/h4-8,14-15H,3,9-13H2,1-2H3,(H2,20,24)(H,21,23)/t15-/m0/s1. The van der Waals surface area contributed by atoms with E-state index in [0.717, 1.165) is 31.2 Å². The third kappa shape index (κ3) is 5.96. The summed E-state index contributed by atoms with van der Waals surface area (Å²) in [6.07, 6.45) is 4.37. The fourth-order valence-corrected chi connectivity index (χ4v) is 2.77. The summed E-state index contributed by atoms with van der Waals surface area (Å²) < 4.78 is 0. The van der Waals surface area contributed by atoms with Crippen LogP contribution in [0.5, 0.6) is 0 Å². The van der Waals surface area contributed by atoms with Gasteiger partial charge >= 0.3 is 0 Å². The van der Waals surface area contributed by atoms with Gasteiger partial charge in [0.1, 0.15) is 0 Å². The molecule has 0 saturated carbocycles. The Hall–Kier alpha value is -1.88. The highest BCUT2D eigenvalue weighted by molar-refractivity contribution is 5.97. The molecule has 2 rings (SSSR count). The van der Waals surface area contributed by atoms with E-state index in [0.29, 0.717) is 6.42 Å². The normalized spacial score (nSPS) is 17.4. The van der Waals surface area contributed by atoms with Crippen molar-refractivity contribution in [3.8, 4) is 0 Å². The van der Waals surface area contributed by atoms with Crippen LogP contribution < -0.4 is 11.1 Å². The molecule has 2 amide bonds. The van der Waals surface area contributed by atoms with Gasteiger partial charge in [0.05, 0.1) is 6.42 Å². The quantitative estimate of drug-likeness (QED) is 0.807. The second-order valence-electron chi connectivity index (χ2n) is 6.89. The summed E-state index contributed by atoms with van der Waals surface area (Å²) in [4.78, 5) is 25.3. The van der Waals surface area contributed by atoms with Crippen LogP contribution in [-0.4, -0.2) is 29.8 Å². The Labute approximate surface area is 144 Å². The monoisotopic (exact) mass is 330 g/mol. The van der Waals surface area contributed by atoms with Gasteiger partial charge in [-0.25, -0.2) is 0 Å². The van der Waals surface area contributed by atoms with Crippen molar-refractivity contribution in [3.63, 3.8) is 0 Å². The number of nitrogens with zero attached hydrogens (tertiary/aromatic N) is 1. The van der Waals surface area contributed by atoms with Crippen LogP contribution in [0.4, 0.5) is 5.69 Å². The lowest BCUT2D eigenvalue weighted by molar-refractivity contribution is -0.121. The maximum absolute atomic E-state index is 11.8. The van der Waals surface area contributed by atoms with Crippen LogP contribution in [0.1, 0.15) is 38.7 Å². The molecule has 1 heterocycles. The van der Waals surface area contributed by atoms with Crippen LogP contribution in [0.15, 0.2) is 24.3 Å². The highest BCUT2D eigenvalue weighted by atomic mass is 16.2. The highest BCUT2D eigenvalue weighted by Gasteiger charge is 2.15. The Morgan fingerprint density at radius 1 is 1.29 bits per heavy atom. The number of amides is 2. The first kappa shape index (κ1) is 18.5. The van der Waals surface area contributed by atoms with Crippen molar-refractivity contribution in [1.82, 2.24) is 4.90 Å². The number of anilines is 1. The third-order valence-electron chi connectivity index (χ3n) is 4.65. The van der Waals surface area contributed by atoms with Crippen molar-refractivity contribution in [3.05, 3.63) is 36.2 Å². The van der Waals surface area contributed by atoms with Crippen molar-refractivity contribution in [2.24, 2.45) is 17.6 Å². The minimum Gasteiger partial charge on any atom is -0.369 e. The van der Waals surface area contributed by atoms with Crippen molar-refractivity contribution in [2.75, 3.05) is 18.4 Å². The average molecular weight is 330 g/mol. The molecule has 3 N–H and O–H groups in total. The van der Waals surface area contributed by atoms with E-state index in [9.17, 15) is 9.59 Å². The van der Waals surface area contributed by atoms with Crippen LogP contribution in [-0.2, 0) is 16.1 Å². The summed E-state index contributed by atoms with van der Waals surface area (Å²) in [5.74, 6) is -0.0888. The Kier molecular flexibility index (Phi) is 6.79. The lowest BCUT2D eigenvalue weighted by Gasteiger charge is -2.30. The molecule has 0 aliphatic carbocycles. The summed E-state index contributed by atoms with van der Waals surface area (Å²) in [5, 5.41) is 2.81. The number of piperidine rings is 1. The zero-order valence-electron chi connectivity index (χ0n) is 14.6. The van der Waals surface area contributed by atoms with E-state index in [1.807, 2.05) is 12.1 Å². The topological polar surface area (TPSA) is 75.4 Å². The number of likely N-dealkylation sites (tertiary alicyclic amines) is 1. The zero-order valence-corrected chi connectivity index (χ0v) is 14.6. The Bertz CT molecular complexity index is 548. The summed E-state index contributed by atoms with van der Waals surface area (Å²) in [7, 11) is 0. The van der Waals surface area contributed by atoms with E-state index < -0.39 is 5.91 Å². The molecule has 0 aromatic heterocycles. The molecular formula is C19H28N3O2. The number of hydrogen-bond donors (Lipinski definition) is 2. The summed E-state index contributed by atoms with van der Waals surface area (Å²) >= 11 is 0. The van der Waals surface area contributed by atoms with Crippen LogP contribution in [0.25, 0.3) is 0 Å². The first-order valence-electron chi connectivity index (χ1n) is 8.69. The first-order valence-corrected chi connectivity index (χ1v) is 8.69. The fourth-order valence-electron chi connectivity index (χ4n) is 2.77. The molecule has 131 valence electrons. The van der Waals surface area contributed by atoms with Gasteiger partial charge in [-0.15, -0.1) is 0 Å². The molecule has 5 nitrogen and oxygen atoms in total. The molecule has 0 spiro atoms. The predicted molar refractivity (Wildman–Crippen MR) is 96.0 cm³/mol. The highest BCUT2D eigenvalue weighted by Crippen LogP contribution is 2.19. The van der Waals surface area contributed by atoms with Gasteiger partial charge in [0.25, 0.3) is 0 Å². The van der Waals surface area contributed by atoms with Gasteiger partial charge < -0.3 is 11.1 Å². The number of carbonyl (C=O) groups is 2. The zero-order chi connectivity index (χ0) is 17.5. The number of rotatable bonds is 7. The van der Waals surface area contributed by atoms with E-state index in [-0.39, 0.29) is 11.8 Å². The van der Waals surface area contributed by atoms with E-state index in [1.54, 1.807) is 6.92 Å². The lowest BCUT2D eigenvalue weighted by atomic mass is 9.99. The van der Waals surface area contributed by atoms with Gasteiger partial charge in [-0.3, -0.25) is 14.5 Å². The molecule has 1 aromatic carbocycles. The van der Waals surface area contributed by atoms with Crippen molar-refractivity contribution < 1.29 is 9.59 Å². The van der Waals surface area contributed by atoms with Crippen LogP contribution in [0.2, 0.25) is 0 Å². The average Bonchev–Trinajstić information content (AvgIpc) is 2.56. The molecule has 1 fully saturated rings. The summed E-state index contributed by atoms with van der Waals surface area (Å²) in [5.41, 5.74) is 7.20. The number of carbonyl (C=O) groups excluding carboxylic acids is 2. The largest absolute Gasteiger partial charge is 0.369 e. The molecule has 24 heavy (non-hydrogen) atoms. The number of benzene rings is 1. The van der Waals surface area contributed by atoms with E-state index >= 15 is 0 Å². The summed E-state index contributed by atoms with van der Waals surface area (Å²) in [6.45, 7) is 7.31. The molecule has 1 radical (unpaired) electrons. The third-order valence-corrected chi connectivity index (χ3v) is 4.65. The van der Waals surface area contributed by atoms with Gasteiger partial charge in [-0.05, 0) is 56.0 Å². The van der Waals surface area contributed by atoms with E-state index in [2.05, 4.69) is 29.3 Å². The second kappa shape index (κ2) is 8.83. The molecule has 1 aromatic rings. The SMILES string of the molecule is CC1CCN(Cc2ccc(NC(=O)[CH]C[C@H](C)C(N)=O)cc2)CC1. The Morgan fingerprint density at radius 3 is 2.50 bits per heavy atom. The Balaban J connectivity index is 1.77. The minimum absolute atomic E-state index is 0.208. The molecule has 0 bridgehead atoms.